The standard InChI is InChI=1S/C19H14N6OS/c1-11-6-5-7-13-15(11)17-22-16-12(10-21-19(23-16)27-2)18(26)25(17)24(13)14-8-3-4-9-20-14/h3-10H,1-2H3. The van der Waals surface area contributed by atoms with E-state index in [-0.39, 0.29) is 5.56 Å². The van der Waals surface area contributed by atoms with E-state index in [1.54, 1.807) is 21.6 Å². The zero-order valence-corrected chi connectivity index (χ0v) is 15.4. The lowest BCUT2D eigenvalue weighted by molar-refractivity contribution is 0.771. The maximum Gasteiger partial charge on any atom is 0.284 e. The largest absolute Gasteiger partial charge is 0.284 e. The highest BCUT2D eigenvalue weighted by atomic mass is 32.2. The number of rotatable bonds is 2. The van der Waals surface area contributed by atoms with Gasteiger partial charge in [-0.15, -0.1) is 0 Å². The van der Waals surface area contributed by atoms with Gasteiger partial charge in [-0.25, -0.2) is 24.6 Å². The monoisotopic (exact) mass is 374 g/mol. The smallest absolute Gasteiger partial charge is 0.266 e. The lowest BCUT2D eigenvalue weighted by atomic mass is 10.1. The summed E-state index contributed by atoms with van der Waals surface area (Å²) in [7, 11) is 0. The molecule has 0 N–H and O–H groups in total. The maximum atomic E-state index is 13.4. The summed E-state index contributed by atoms with van der Waals surface area (Å²) in [6.07, 6.45) is 5.14. The molecule has 0 radical (unpaired) electrons. The van der Waals surface area contributed by atoms with Gasteiger partial charge in [-0.05, 0) is 36.9 Å². The molecule has 0 saturated heterocycles. The summed E-state index contributed by atoms with van der Waals surface area (Å²) in [6, 6.07) is 11.5. The van der Waals surface area contributed by atoms with E-state index in [4.69, 9.17) is 4.98 Å². The maximum absolute atomic E-state index is 13.4. The molecule has 1 aromatic carbocycles. The Morgan fingerprint density at radius 3 is 2.70 bits per heavy atom. The van der Waals surface area contributed by atoms with Gasteiger partial charge in [0.2, 0.25) is 0 Å². The first-order chi connectivity index (χ1) is 13.2. The van der Waals surface area contributed by atoms with Gasteiger partial charge < -0.3 is 0 Å². The topological polar surface area (TPSA) is 78.0 Å². The lowest BCUT2D eigenvalue weighted by Gasteiger charge is -2.07. The number of aromatic nitrogens is 6. The van der Waals surface area contributed by atoms with Crippen LogP contribution in [0.2, 0.25) is 0 Å². The van der Waals surface area contributed by atoms with Gasteiger partial charge >= 0.3 is 0 Å². The highest BCUT2D eigenvalue weighted by molar-refractivity contribution is 7.98. The number of nitrogens with zero attached hydrogens (tertiary/aromatic N) is 6. The van der Waals surface area contributed by atoms with Crippen LogP contribution in [0.1, 0.15) is 5.56 Å². The number of pyridine rings is 1. The molecule has 0 bridgehead atoms. The van der Waals surface area contributed by atoms with Crippen LogP contribution in [-0.2, 0) is 0 Å². The van der Waals surface area contributed by atoms with Crippen LogP contribution in [-0.4, -0.2) is 35.4 Å². The van der Waals surface area contributed by atoms with E-state index in [1.807, 2.05) is 49.6 Å². The predicted octanol–water partition coefficient (Wildman–Crippen LogP) is 3.01. The van der Waals surface area contributed by atoms with Crippen LogP contribution in [0.4, 0.5) is 0 Å². The molecule has 0 aliphatic heterocycles. The minimum atomic E-state index is -0.219. The molecule has 8 heteroatoms. The quantitative estimate of drug-likeness (QED) is 0.349. The number of fused-ring (bicyclic) bond motifs is 4. The Hall–Kier alpha value is -3.26. The van der Waals surface area contributed by atoms with Crippen molar-refractivity contribution in [2.75, 3.05) is 6.26 Å². The van der Waals surface area contributed by atoms with Crippen molar-refractivity contribution in [3.05, 3.63) is 64.7 Å². The summed E-state index contributed by atoms with van der Waals surface area (Å²) < 4.78 is 3.36. The fourth-order valence-electron chi connectivity index (χ4n) is 3.33. The Morgan fingerprint density at radius 2 is 1.93 bits per heavy atom. The van der Waals surface area contributed by atoms with E-state index in [1.165, 1.54) is 11.8 Å². The van der Waals surface area contributed by atoms with E-state index < -0.39 is 0 Å². The zero-order valence-electron chi connectivity index (χ0n) is 14.6. The summed E-state index contributed by atoms with van der Waals surface area (Å²) in [4.78, 5) is 31.2. The first-order valence-electron chi connectivity index (χ1n) is 8.34. The lowest BCUT2D eigenvalue weighted by Crippen LogP contribution is -2.22. The van der Waals surface area contributed by atoms with E-state index in [0.717, 1.165) is 16.5 Å². The molecule has 0 amide bonds. The first-order valence-corrected chi connectivity index (χ1v) is 9.57. The van der Waals surface area contributed by atoms with Crippen LogP contribution < -0.4 is 5.56 Å². The molecule has 27 heavy (non-hydrogen) atoms. The minimum absolute atomic E-state index is 0.219. The van der Waals surface area contributed by atoms with E-state index >= 15 is 0 Å². The predicted molar refractivity (Wildman–Crippen MR) is 106 cm³/mol. The van der Waals surface area contributed by atoms with Gasteiger partial charge in [0.15, 0.2) is 22.3 Å². The second kappa shape index (κ2) is 5.88. The van der Waals surface area contributed by atoms with Crippen LogP contribution in [0.15, 0.2) is 58.7 Å². The average Bonchev–Trinajstić information content (AvgIpc) is 3.04. The molecule has 0 unspecified atom stereocenters. The van der Waals surface area contributed by atoms with Gasteiger partial charge in [0.25, 0.3) is 5.56 Å². The number of thioether (sulfide) groups is 1. The molecule has 0 saturated carbocycles. The van der Waals surface area contributed by atoms with Crippen LogP contribution in [0, 0.1) is 6.92 Å². The summed E-state index contributed by atoms with van der Waals surface area (Å²) in [6.45, 7) is 2.01. The number of hydrogen-bond donors (Lipinski definition) is 0. The third-order valence-electron chi connectivity index (χ3n) is 4.53. The van der Waals surface area contributed by atoms with E-state index in [9.17, 15) is 4.79 Å². The number of hydrogen-bond acceptors (Lipinski definition) is 6. The molecule has 132 valence electrons. The van der Waals surface area contributed by atoms with Gasteiger partial charge in [0, 0.05) is 17.8 Å². The Morgan fingerprint density at radius 1 is 1.04 bits per heavy atom. The van der Waals surface area contributed by atoms with Crippen LogP contribution in [0.5, 0.6) is 0 Å². The molecule has 0 aliphatic rings. The Kier molecular flexibility index (Phi) is 3.48. The van der Waals surface area contributed by atoms with Crippen LogP contribution >= 0.6 is 11.8 Å². The molecule has 0 aliphatic carbocycles. The fraction of sp³-hybridized carbons (Fsp3) is 0.105. The normalized spacial score (nSPS) is 11.6. The third-order valence-corrected chi connectivity index (χ3v) is 5.10. The first kappa shape index (κ1) is 16.0. The highest BCUT2D eigenvalue weighted by Gasteiger charge is 2.19. The summed E-state index contributed by atoms with van der Waals surface area (Å²) in [5.74, 6) is 0.646. The van der Waals surface area contributed by atoms with Crippen molar-refractivity contribution in [2.45, 2.75) is 12.1 Å². The van der Waals surface area contributed by atoms with E-state index in [0.29, 0.717) is 27.7 Å². The molecule has 5 rings (SSSR count). The Balaban J connectivity index is 2.06. The average molecular weight is 374 g/mol. The molecule has 5 aromatic rings. The number of aryl methyl sites for hydroxylation is 1. The van der Waals surface area contributed by atoms with Gasteiger partial charge in [-0.2, -0.15) is 4.52 Å². The number of benzene rings is 1. The molecule has 0 spiro atoms. The van der Waals surface area contributed by atoms with Gasteiger partial charge in [0.1, 0.15) is 5.39 Å². The summed E-state index contributed by atoms with van der Waals surface area (Å²) in [5, 5.41) is 1.87. The van der Waals surface area contributed by atoms with Crippen LogP contribution in [0.25, 0.3) is 33.4 Å². The van der Waals surface area contributed by atoms with Crippen LogP contribution in [0.3, 0.4) is 0 Å². The molecule has 7 nitrogen and oxygen atoms in total. The van der Waals surface area contributed by atoms with Crippen molar-refractivity contribution in [3.63, 3.8) is 0 Å². The van der Waals surface area contributed by atoms with Gasteiger partial charge in [-0.3, -0.25) is 4.79 Å². The second-order valence-corrected chi connectivity index (χ2v) is 6.89. The van der Waals surface area contributed by atoms with Crippen molar-refractivity contribution >= 4 is 39.3 Å². The van der Waals surface area contributed by atoms with E-state index in [2.05, 4.69) is 15.0 Å². The molecule has 0 fully saturated rings. The minimum Gasteiger partial charge on any atom is -0.266 e. The summed E-state index contributed by atoms with van der Waals surface area (Å²) >= 11 is 1.42. The SMILES string of the molecule is CSc1ncc2c(=O)n3c(nc2n1)c1c(C)cccc1n3-c1ccccn1. The Labute approximate surface area is 157 Å². The Bertz CT molecular complexity index is 1390. The van der Waals surface area contributed by atoms with Crippen molar-refractivity contribution in [1.29, 1.82) is 0 Å². The van der Waals surface area contributed by atoms with Crippen molar-refractivity contribution < 1.29 is 0 Å². The van der Waals surface area contributed by atoms with Gasteiger partial charge in [0.05, 0.1) is 5.52 Å². The van der Waals surface area contributed by atoms with Crippen molar-refractivity contribution in [2.24, 2.45) is 0 Å². The van der Waals surface area contributed by atoms with Crippen molar-refractivity contribution in [3.8, 4) is 5.82 Å². The molecule has 0 atom stereocenters. The third kappa shape index (κ3) is 2.26. The summed E-state index contributed by atoms with van der Waals surface area (Å²) in [5.41, 5.74) is 2.65. The fourth-order valence-corrected chi connectivity index (χ4v) is 3.67. The van der Waals surface area contributed by atoms with Gasteiger partial charge in [-0.1, -0.05) is 30.0 Å². The molecule has 4 heterocycles. The van der Waals surface area contributed by atoms with Crippen molar-refractivity contribution in [1.82, 2.24) is 29.1 Å². The highest BCUT2D eigenvalue weighted by Crippen LogP contribution is 2.27. The molecular formula is C19H14N6OS. The second-order valence-electron chi connectivity index (χ2n) is 6.12. The molecular weight excluding hydrogens is 360 g/mol. The molecule has 4 aromatic heterocycles. The zero-order chi connectivity index (χ0) is 18.5.